The number of amides is 1. The topological polar surface area (TPSA) is 77.2 Å². The van der Waals surface area contributed by atoms with Crippen molar-refractivity contribution in [1.82, 2.24) is 10.1 Å². The van der Waals surface area contributed by atoms with Crippen molar-refractivity contribution in [2.45, 2.75) is 19.8 Å². The molecule has 0 saturated heterocycles. The van der Waals surface area contributed by atoms with Crippen LogP contribution in [0, 0.1) is 6.92 Å². The molecular formula is C19H19N3O3. The van der Waals surface area contributed by atoms with Crippen LogP contribution in [0.25, 0.3) is 11.4 Å². The molecular weight excluding hydrogens is 318 g/mol. The van der Waals surface area contributed by atoms with Gasteiger partial charge in [-0.05, 0) is 43.3 Å². The van der Waals surface area contributed by atoms with Gasteiger partial charge in [0.05, 0.1) is 7.11 Å². The van der Waals surface area contributed by atoms with E-state index in [4.69, 9.17) is 9.26 Å². The molecule has 25 heavy (non-hydrogen) atoms. The van der Waals surface area contributed by atoms with Gasteiger partial charge in [-0.1, -0.05) is 22.9 Å². The molecule has 1 heterocycles. The van der Waals surface area contributed by atoms with Gasteiger partial charge in [-0.25, -0.2) is 0 Å². The first kappa shape index (κ1) is 16.7. The summed E-state index contributed by atoms with van der Waals surface area (Å²) in [6, 6.07) is 15.0. The maximum Gasteiger partial charge on any atom is 0.227 e. The standard InChI is InChI=1S/C19H19N3O3/c1-13-3-7-15(8-4-13)20-17(23)11-12-18-21-19(22-25-18)14-5-9-16(24-2)10-6-14/h3-10H,11-12H2,1-2H3,(H,20,23). The number of ether oxygens (including phenoxy) is 1. The lowest BCUT2D eigenvalue weighted by molar-refractivity contribution is -0.116. The molecule has 0 radical (unpaired) electrons. The van der Waals surface area contributed by atoms with Crippen LogP contribution in [-0.2, 0) is 11.2 Å². The first-order valence-corrected chi connectivity index (χ1v) is 7.97. The van der Waals surface area contributed by atoms with Gasteiger partial charge in [0.25, 0.3) is 0 Å². The monoisotopic (exact) mass is 337 g/mol. The zero-order chi connectivity index (χ0) is 17.6. The quantitative estimate of drug-likeness (QED) is 0.743. The Morgan fingerprint density at radius 2 is 1.84 bits per heavy atom. The lowest BCUT2D eigenvalue weighted by Gasteiger charge is -2.04. The number of carbonyl (C=O) groups is 1. The molecule has 0 bridgehead atoms. The number of rotatable bonds is 6. The van der Waals surface area contributed by atoms with Crippen LogP contribution in [0.4, 0.5) is 5.69 Å². The van der Waals surface area contributed by atoms with Gasteiger partial charge in [0, 0.05) is 24.1 Å². The summed E-state index contributed by atoms with van der Waals surface area (Å²) in [6.45, 7) is 2.00. The molecule has 0 aliphatic rings. The summed E-state index contributed by atoms with van der Waals surface area (Å²) >= 11 is 0. The van der Waals surface area contributed by atoms with E-state index in [1.807, 2.05) is 55.5 Å². The van der Waals surface area contributed by atoms with Crippen LogP contribution in [0.1, 0.15) is 17.9 Å². The van der Waals surface area contributed by atoms with Crippen LogP contribution >= 0.6 is 0 Å². The third-order valence-electron chi connectivity index (χ3n) is 3.72. The third-order valence-corrected chi connectivity index (χ3v) is 3.72. The molecule has 0 unspecified atom stereocenters. The predicted octanol–water partition coefficient (Wildman–Crippen LogP) is 3.62. The predicted molar refractivity (Wildman–Crippen MR) is 94.4 cm³/mol. The van der Waals surface area contributed by atoms with Crippen molar-refractivity contribution < 1.29 is 14.1 Å². The van der Waals surface area contributed by atoms with Crippen LogP contribution in [0.2, 0.25) is 0 Å². The smallest absolute Gasteiger partial charge is 0.227 e. The van der Waals surface area contributed by atoms with E-state index >= 15 is 0 Å². The number of carbonyl (C=O) groups excluding carboxylic acids is 1. The van der Waals surface area contributed by atoms with Crippen molar-refractivity contribution in [2.75, 3.05) is 12.4 Å². The molecule has 128 valence electrons. The maximum atomic E-state index is 12.0. The number of aromatic nitrogens is 2. The number of anilines is 1. The maximum absolute atomic E-state index is 12.0. The Kier molecular flexibility index (Phi) is 5.09. The minimum atomic E-state index is -0.0898. The number of methoxy groups -OCH3 is 1. The van der Waals surface area contributed by atoms with Crippen molar-refractivity contribution in [3.8, 4) is 17.1 Å². The molecule has 0 aliphatic carbocycles. The van der Waals surface area contributed by atoms with Gasteiger partial charge in [-0.3, -0.25) is 4.79 Å². The van der Waals surface area contributed by atoms with Gasteiger partial charge in [0.15, 0.2) is 0 Å². The van der Waals surface area contributed by atoms with E-state index < -0.39 is 0 Å². The molecule has 0 atom stereocenters. The Morgan fingerprint density at radius 3 is 2.52 bits per heavy atom. The highest BCUT2D eigenvalue weighted by molar-refractivity contribution is 5.90. The van der Waals surface area contributed by atoms with Crippen LogP contribution in [0.3, 0.4) is 0 Å². The van der Waals surface area contributed by atoms with E-state index in [1.165, 1.54) is 0 Å². The van der Waals surface area contributed by atoms with E-state index in [9.17, 15) is 4.79 Å². The third kappa shape index (κ3) is 4.44. The van der Waals surface area contributed by atoms with Crippen molar-refractivity contribution >= 4 is 11.6 Å². The van der Waals surface area contributed by atoms with Crippen LogP contribution in [-0.4, -0.2) is 23.2 Å². The van der Waals surface area contributed by atoms with Gasteiger partial charge in [-0.2, -0.15) is 4.98 Å². The SMILES string of the molecule is COc1ccc(-c2noc(CCC(=O)Nc3ccc(C)cc3)n2)cc1. The Hall–Kier alpha value is -3.15. The average Bonchev–Trinajstić information content (AvgIpc) is 3.11. The second-order valence-electron chi connectivity index (χ2n) is 5.65. The molecule has 0 spiro atoms. The van der Waals surface area contributed by atoms with Gasteiger partial charge in [0.2, 0.25) is 17.6 Å². The zero-order valence-corrected chi connectivity index (χ0v) is 14.2. The molecule has 6 heteroatoms. The van der Waals surface area contributed by atoms with Gasteiger partial charge < -0.3 is 14.6 Å². The summed E-state index contributed by atoms with van der Waals surface area (Å²) in [6.07, 6.45) is 0.666. The number of hydrogen-bond acceptors (Lipinski definition) is 5. The number of benzene rings is 2. The summed E-state index contributed by atoms with van der Waals surface area (Å²) in [7, 11) is 1.61. The van der Waals surface area contributed by atoms with Crippen molar-refractivity contribution in [1.29, 1.82) is 0 Å². The van der Waals surface area contributed by atoms with Crippen molar-refractivity contribution in [3.05, 3.63) is 60.0 Å². The highest BCUT2D eigenvalue weighted by Crippen LogP contribution is 2.20. The lowest BCUT2D eigenvalue weighted by atomic mass is 10.2. The van der Waals surface area contributed by atoms with E-state index in [0.29, 0.717) is 18.1 Å². The average molecular weight is 337 g/mol. The lowest BCUT2D eigenvalue weighted by Crippen LogP contribution is -2.12. The molecule has 6 nitrogen and oxygen atoms in total. The van der Waals surface area contributed by atoms with E-state index in [1.54, 1.807) is 7.11 Å². The highest BCUT2D eigenvalue weighted by Gasteiger charge is 2.11. The van der Waals surface area contributed by atoms with Gasteiger partial charge in [0.1, 0.15) is 5.75 Å². The van der Waals surface area contributed by atoms with Crippen LogP contribution in [0.15, 0.2) is 53.1 Å². The number of hydrogen-bond donors (Lipinski definition) is 1. The molecule has 3 aromatic rings. The Morgan fingerprint density at radius 1 is 1.12 bits per heavy atom. The minimum Gasteiger partial charge on any atom is -0.497 e. The number of nitrogens with one attached hydrogen (secondary N) is 1. The molecule has 0 fully saturated rings. The van der Waals surface area contributed by atoms with Crippen molar-refractivity contribution in [2.24, 2.45) is 0 Å². The molecule has 1 amide bonds. The Bertz CT molecular complexity index is 839. The largest absolute Gasteiger partial charge is 0.497 e. The number of nitrogens with zero attached hydrogens (tertiary/aromatic N) is 2. The Balaban J connectivity index is 1.55. The summed E-state index contributed by atoms with van der Waals surface area (Å²) < 4.78 is 10.3. The molecule has 0 aliphatic heterocycles. The van der Waals surface area contributed by atoms with Gasteiger partial charge >= 0.3 is 0 Å². The zero-order valence-electron chi connectivity index (χ0n) is 14.2. The molecule has 1 N–H and O–H groups in total. The fourth-order valence-electron chi connectivity index (χ4n) is 2.29. The molecule has 2 aromatic carbocycles. The highest BCUT2D eigenvalue weighted by atomic mass is 16.5. The summed E-state index contributed by atoms with van der Waals surface area (Å²) in [5.74, 6) is 1.61. The van der Waals surface area contributed by atoms with Gasteiger partial charge in [-0.15, -0.1) is 0 Å². The first-order valence-electron chi connectivity index (χ1n) is 7.97. The van der Waals surface area contributed by atoms with E-state index in [0.717, 1.165) is 22.6 Å². The number of aryl methyl sites for hydroxylation is 2. The summed E-state index contributed by atoms with van der Waals surface area (Å²) in [4.78, 5) is 16.3. The molecule has 3 rings (SSSR count). The molecule has 0 saturated carbocycles. The second kappa shape index (κ2) is 7.61. The Labute approximate surface area is 145 Å². The first-order chi connectivity index (χ1) is 12.1. The minimum absolute atomic E-state index is 0.0898. The summed E-state index contributed by atoms with van der Waals surface area (Å²) in [5, 5.41) is 6.80. The second-order valence-corrected chi connectivity index (χ2v) is 5.65. The fraction of sp³-hybridized carbons (Fsp3) is 0.211. The van der Waals surface area contributed by atoms with Crippen molar-refractivity contribution in [3.63, 3.8) is 0 Å². The fourth-order valence-corrected chi connectivity index (χ4v) is 2.29. The normalized spacial score (nSPS) is 10.5. The van der Waals surface area contributed by atoms with Crippen LogP contribution < -0.4 is 10.1 Å². The van der Waals surface area contributed by atoms with E-state index in [2.05, 4.69) is 15.5 Å². The van der Waals surface area contributed by atoms with E-state index in [-0.39, 0.29) is 12.3 Å². The summed E-state index contributed by atoms with van der Waals surface area (Å²) in [5.41, 5.74) is 2.76. The van der Waals surface area contributed by atoms with Crippen LogP contribution in [0.5, 0.6) is 5.75 Å². The molecule has 1 aromatic heterocycles.